The Morgan fingerprint density at radius 3 is 2.45 bits per heavy atom. The lowest BCUT2D eigenvalue weighted by Gasteiger charge is -2.28. The molecule has 20 heavy (non-hydrogen) atoms. The van der Waals surface area contributed by atoms with E-state index in [1.807, 2.05) is 24.8 Å². The Kier molecular flexibility index (Phi) is 5.99. The molecule has 0 aliphatic rings. The fourth-order valence-electron chi connectivity index (χ4n) is 2.21. The van der Waals surface area contributed by atoms with E-state index in [1.54, 1.807) is 6.07 Å². The van der Waals surface area contributed by atoms with Gasteiger partial charge in [-0.15, -0.1) is 0 Å². The monoisotopic (exact) mass is 277 g/mol. The number of nitrogens with two attached hydrogens (primary N) is 1. The van der Waals surface area contributed by atoms with Crippen LogP contribution in [0.1, 0.15) is 57.1 Å². The highest BCUT2D eigenvalue weighted by atomic mass is 16.2. The number of hydrogen-bond donors (Lipinski definition) is 1. The van der Waals surface area contributed by atoms with E-state index in [-0.39, 0.29) is 11.9 Å². The van der Waals surface area contributed by atoms with E-state index < -0.39 is 0 Å². The molecule has 1 aromatic rings. The Morgan fingerprint density at radius 1 is 1.30 bits per heavy atom. The number of aromatic nitrogens is 1. The minimum absolute atomic E-state index is 0.0418. The Balaban J connectivity index is 3.04. The van der Waals surface area contributed by atoms with Crippen LogP contribution >= 0.6 is 0 Å². The second-order valence-corrected chi connectivity index (χ2v) is 5.97. The van der Waals surface area contributed by atoms with Gasteiger partial charge in [0, 0.05) is 23.8 Å². The summed E-state index contributed by atoms with van der Waals surface area (Å²) >= 11 is 0. The summed E-state index contributed by atoms with van der Waals surface area (Å²) in [5, 5.41) is 0. The molecule has 0 saturated heterocycles. The molecular weight excluding hydrogens is 250 g/mol. The van der Waals surface area contributed by atoms with Crippen LogP contribution in [0, 0.1) is 5.92 Å². The zero-order valence-electron chi connectivity index (χ0n) is 13.3. The summed E-state index contributed by atoms with van der Waals surface area (Å²) in [6, 6.07) is 3.73. The summed E-state index contributed by atoms with van der Waals surface area (Å²) in [5.41, 5.74) is 7.36. The van der Waals surface area contributed by atoms with Gasteiger partial charge in [-0.05, 0) is 38.3 Å². The molecule has 0 spiro atoms. The first-order valence-electron chi connectivity index (χ1n) is 7.42. The molecule has 0 bridgehead atoms. The molecular formula is C16H27N3O. The Morgan fingerprint density at radius 2 is 1.95 bits per heavy atom. The van der Waals surface area contributed by atoms with E-state index in [0.717, 1.165) is 25.1 Å². The summed E-state index contributed by atoms with van der Waals surface area (Å²) in [6.45, 7) is 11.2. The first-order valence-corrected chi connectivity index (χ1v) is 7.42. The molecule has 0 saturated carbocycles. The second-order valence-electron chi connectivity index (χ2n) is 5.97. The first-order chi connectivity index (χ1) is 9.35. The highest BCUT2D eigenvalue weighted by Gasteiger charge is 2.20. The quantitative estimate of drug-likeness (QED) is 0.869. The SMILES string of the molecule is CCCc1cc(C(=O)N(CC(C)C)C(C)C)cc(N)n1. The third-order valence-electron chi connectivity index (χ3n) is 3.10. The van der Waals surface area contributed by atoms with Crippen molar-refractivity contribution >= 4 is 11.7 Å². The van der Waals surface area contributed by atoms with Crippen molar-refractivity contribution in [1.82, 2.24) is 9.88 Å². The molecule has 0 atom stereocenters. The van der Waals surface area contributed by atoms with Crippen LogP contribution < -0.4 is 5.73 Å². The maximum absolute atomic E-state index is 12.7. The zero-order chi connectivity index (χ0) is 15.3. The summed E-state index contributed by atoms with van der Waals surface area (Å²) in [7, 11) is 0. The lowest BCUT2D eigenvalue weighted by molar-refractivity contribution is 0.0681. The number of pyridine rings is 1. The maximum atomic E-state index is 12.7. The maximum Gasteiger partial charge on any atom is 0.254 e. The van der Waals surface area contributed by atoms with Crippen molar-refractivity contribution in [1.29, 1.82) is 0 Å². The highest BCUT2D eigenvalue weighted by molar-refractivity contribution is 5.95. The van der Waals surface area contributed by atoms with Crippen LogP contribution in [0.15, 0.2) is 12.1 Å². The normalized spacial score (nSPS) is 11.2. The molecule has 0 aliphatic carbocycles. The second kappa shape index (κ2) is 7.27. The number of carbonyl (C=O) groups excluding carboxylic acids is 1. The molecule has 0 aliphatic heterocycles. The standard InChI is InChI=1S/C16H27N3O/c1-6-7-14-8-13(9-15(17)18-14)16(20)19(12(4)5)10-11(2)3/h8-9,11-12H,6-7,10H2,1-5H3,(H2,17,18). The van der Waals surface area contributed by atoms with Gasteiger partial charge in [0.1, 0.15) is 5.82 Å². The van der Waals surface area contributed by atoms with Crippen LogP contribution in [0.3, 0.4) is 0 Å². The molecule has 2 N–H and O–H groups in total. The molecule has 0 aromatic carbocycles. The van der Waals surface area contributed by atoms with Gasteiger partial charge in [0.25, 0.3) is 5.91 Å². The molecule has 1 aromatic heterocycles. The first kappa shape index (κ1) is 16.5. The number of nitrogen functional groups attached to an aromatic ring is 1. The highest BCUT2D eigenvalue weighted by Crippen LogP contribution is 2.15. The molecule has 1 amide bonds. The number of aryl methyl sites for hydroxylation is 1. The minimum atomic E-state index is 0.0418. The van der Waals surface area contributed by atoms with Crippen LogP contribution in [0.2, 0.25) is 0 Å². The molecule has 0 unspecified atom stereocenters. The van der Waals surface area contributed by atoms with Gasteiger partial charge in [0.2, 0.25) is 0 Å². The molecule has 4 nitrogen and oxygen atoms in total. The molecule has 112 valence electrons. The largest absolute Gasteiger partial charge is 0.384 e. The van der Waals surface area contributed by atoms with Gasteiger partial charge in [0.15, 0.2) is 0 Å². The molecule has 4 heteroatoms. The van der Waals surface area contributed by atoms with E-state index >= 15 is 0 Å². The van der Waals surface area contributed by atoms with Crippen molar-refractivity contribution in [2.75, 3.05) is 12.3 Å². The topological polar surface area (TPSA) is 59.2 Å². The van der Waals surface area contributed by atoms with Crippen molar-refractivity contribution in [3.05, 3.63) is 23.4 Å². The summed E-state index contributed by atoms with van der Waals surface area (Å²) in [6.07, 6.45) is 1.83. The third kappa shape index (κ3) is 4.51. The van der Waals surface area contributed by atoms with Crippen LogP contribution in [0.25, 0.3) is 0 Å². The van der Waals surface area contributed by atoms with E-state index in [2.05, 4.69) is 25.8 Å². The van der Waals surface area contributed by atoms with Gasteiger partial charge in [-0.3, -0.25) is 4.79 Å². The van der Waals surface area contributed by atoms with Gasteiger partial charge >= 0.3 is 0 Å². The third-order valence-corrected chi connectivity index (χ3v) is 3.10. The Hall–Kier alpha value is -1.58. The van der Waals surface area contributed by atoms with Crippen molar-refractivity contribution in [3.8, 4) is 0 Å². The van der Waals surface area contributed by atoms with E-state index in [4.69, 9.17) is 5.73 Å². The van der Waals surface area contributed by atoms with Crippen LogP contribution in [-0.2, 0) is 6.42 Å². The van der Waals surface area contributed by atoms with Crippen molar-refractivity contribution in [3.63, 3.8) is 0 Å². The van der Waals surface area contributed by atoms with Crippen LogP contribution in [0.5, 0.6) is 0 Å². The smallest absolute Gasteiger partial charge is 0.254 e. The van der Waals surface area contributed by atoms with Crippen molar-refractivity contribution in [2.45, 2.75) is 53.5 Å². The van der Waals surface area contributed by atoms with Gasteiger partial charge in [-0.25, -0.2) is 4.98 Å². The van der Waals surface area contributed by atoms with Gasteiger partial charge < -0.3 is 10.6 Å². The average Bonchev–Trinajstić information content (AvgIpc) is 2.34. The number of carbonyl (C=O) groups is 1. The van der Waals surface area contributed by atoms with E-state index in [1.165, 1.54) is 0 Å². The van der Waals surface area contributed by atoms with Gasteiger partial charge in [-0.2, -0.15) is 0 Å². The molecule has 0 fully saturated rings. The summed E-state index contributed by atoms with van der Waals surface area (Å²) < 4.78 is 0. The molecule has 1 rings (SSSR count). The van der Waals surface area contributed by atoms with Gasteiger partial charge in [-0.1, -0.05) is 27.2 Å². The lowest BCUT2D eigenvalue weighted by Crippen LogP contribution is -2.39. The van der Waals surface area contributed by atoms with E-state index in [0.29, 0.717) is 17.3 Å². The predicted octanol–water partition coefficient (Wildman–Crippen LogP) is 3.12. The lowest BCUT2D eigenvalue weighted by atomic mass is 10.1. The molecule has 0 radical (unpaired) electrons. The Bertz CT molecular complexity index is 455. The summed E-state index contributed by atoms with van der Waals surface area (Å²) in [5.74, 6) is 0.906. The van der Waals surface area contributed by atoms with E-state index in [9.17, 15) is 4.79 Å². The molecule has 1 heterocycles. The average molecular weight is 277 g/mol. The van der Waals surface area contributed by atoms with Crippen LogP contribution in [-0.4, -0.2) is 28.4 Å². The number of hydrogen-bond acceptors (Lipinski definition) is 3. The Labute approximate surface area is 122 Å². The fraction of sp³-hybridized carbons (Fsp3) is 0.625. The summed E-state index contributed by atoms with van der Waals surface area (Å²) in [4.78, 5) is 18.8. The van der Waals surface area contributed by atoms with Crippen molar-refractivity contribution in [2.24, 2.45) is 5.92 Å². The number of nitrogens with zero attached hydrogens (tertiary/aromatic N) is 2. The fourth-order valence-corrected chi connectivity index (χ4v) is 2.21. The van der Waals surface area contributed by atoms with Gasteiger partial charge in [0.05, 0.1) is 0 Å². The van der Waals surface area contributed by atoms with Crippen molar-refractivity contribution < 1.29 is 4.79 Å². The zero-order valence-corrected chi connectivity index (χ0v) is 13.3. The predicted molar refractivity (Wildman–Crippen MR) is 83.7 cm³/mol. The minimum Gasteiger partial charge on any atom is -0.384 e. The number of rotatable bonds is 6. The van der Waals surface area contributed by atoms with Crippen LogP contribution in [0.4, 0.5) is 5.82 Å². The number of anilines is 1. The number of amides is 1.